The summed E-state index contributed by atoms with van der Waals surface area (Å²) >= 11 is 3.09. The molecule has 0 saturated carbocycles. The zero-order chi connectivity index (χ0) is 14.9. The van der Waals surface area contributed by atoms with Crippen molar-refractivity contribution in [3.63, 3.8) is 0 Å². The van der Waals surface area contributed by atoms with Crippen LogP contribution in [0.4, 0.5) is 10.1 Å². The van der Waals surface area contributed by atoms with E-state index in [1.165, 1.54) is 23.1 Å². The molecule has 1 unspecified atom stereocenters. The largest absolute Gasteiger partial charge is 0.343 e. The first-order valence-corrected chi connectivity index (χ1v) is 7.23. The summed E-state index contributed by atoms with van der Waals surface area (Å²) < 4.78 is 13.5. The van der Waals surface area contributed by atoms with E-state index in [1.54, 1.807) is 0 Å². The van der Waals surface area contributed by atoms with Gasteiger partial charge in [0.15, 0.2) is 0 Å². The van der Waals surface area contributed by atoms with E-state index in [2.05, 4.69) is 21.2 Å². The number of hydrogen-bond donors (Lipinski definition) is 1. The smallest absolute Gasteiger partial charge is 0.250 e. The summed E-state index contributed by atoms with van der Waals surface area (Å²) in [5.74, 6) is -0.460. The molecule has 1 heterocycles. The van der Waals surface area contributed by atoms with Crippen molar-refractivity contribution in [2.75, 3.05) is 11.4 Å². The van der Waals surface area contributed by atoms with Gasteiger partial charge in [-0.2, -0.15) is 0 Å². The van der Waals surface area contributed by atoms with E-state index in [0.717, 1.165) is 0 Å². The van der Waals surface area contributed by atoms with Crippen molar-refractivity contribution in [2.24, 2.45) is 5.92 Å². The Hall–Kier alpha value is -1.43. The van der Waals surface area contributed by atoms with Gasteiger partial charge in [-0.15, -0.1) is 0 Å². The Balaban J connectivity index is 2.27. The molecule has 0 radical (unpaired) electrons. The Kier molecular flexibility index (Phi) is 4.42. The molecule has 6 heteroatoms. The van der Waals surface area contributed by atoms with Crippen LogP contribution in [0.15, 0.2) is 22.7 Å². The standard InChI is InChI=1S/C14H16BrFN2O2/c1-8(2)5-12-14(20)18(7-13(19)17-12)9-3-4-11(16)10(15)6-9/h3-4,6,8,12H,5,7H2,1-2H3,(H,17,19). The van der Waals surface area contributed by atoms with Crippen LogP contribution >= 0.6 is 15.9 Å². The van der Waals surface area contributed by atoms with Crippen molar-refractivity contribution in [2.45, 2.75) is 26.3 Å². The van der Waals surface area contributed by atoms with Gasteiger partial charge in [-0.3, -0.25) is 9.59 Å². The monoisotopic (exact) mass is 342 g/mol. The summed E-state index contributed by atoms with van der Waals surface area (Å²) in [7, 11) is 0. The van der Waals surface area contributed by atoms with Gasteiger partial charge in [-0.25, -0.2) is 4.39 Å². The van der Waals surface area contributed by atoms with Gasteiger partial charge >= 0.3 is 0 Å². The second-order valence-electron chi connectivity index (χ2n) is 5.27. The van der Waals surface area contributed by atoms with E-state index < -0.39 is 11.9 Å². The normalized spacial score (nSPS) is 19.4. The van der Waals surface area contributed by atoms with Crippen LogP contribution in [-0.4, -0.2) is 24.4 Å². The van der Waals surface area contributed by atoms with Crippen LogP contribution in [0.5, 0.6) is 0 Å². The molecule has 1 fully saturated rings. The van der Waals surface area contributed by atoms with Crippen molar-refractivity contribution in [3.05, 3.63) is 28.5 Å². The van der Waals surface area contributed by atoms with Crippen molar-refractivity contribution in [3.8, 4) is 0 Å². The van der Waals surface area contributed by atoms with E-state index in [4.69, 9.17) is 0 Å². The number of benzene rings is 1. The lowest BCUT2D eigenvalue weighted by Crippen LogP contribution is -2.58. The third-order valence-corrected chi connectivity index (χ3v) is 3.73. The molecular weight excluding hydrogens is 327 g/mol. The predicted molar refractivity (Wildman–Crippen MR) is 77.8 cm³/mol. The van der Waals surface area contributed by atoms with Crippen LogP contribution in [0, 0.1) is 11.7 Å². The van der Waals surface area contributed by atoms with Crippen LogP contribution in [-0.2, 0) is 9.59 Å². The average Bonchev–Trinajstić information content (AvgIpc) is 2.36. The number of hydrogen-bond acceptors (Lipinski definition) is 2. The highest BCUT2D eigenvalue weighted by Gasteiger charge is 2.33. The molecule has 0 spiro atoms. The Morgan fingerprint density at radius 3 is 2.75 bits per heavy atom. The van der Waals surface area contributed by atoms with Gasteiger partial charge in [0.2, 0.25) is 11.8 Å². The highest BCUT2D eigenvalue weighted by molar-refractivity contribution is 9.10. The highest BCUT2D eigenvalue weighted by Crippen LogP contribution is 2.25. The van der Waals surface area contributed by atoms with Gasteiger partial charge in [0.1, 0.15) is 18.4 Å². The Morgan fingerprint density at radius 1 is 1.45 bits per heavy atom. The zero-order valence-corrected chi connectivity index (χ0v) is 12.9. The number of piperazine rings is 1. The molecule has 4 nitrogen and oxygen atoms in total. The molecule has 1 aromatic rings. The van der Waals surface area contributed by atoms with E-state index in [9.17, 15) is 14.0 Å². The van der Waals surface area contributed by atoms with E-state index >= 15 is 0 Å². The number of amides is 2. The van der Waals surface area contributed by atoms with E-state index in [0.29, 0.717) is 18.0 Å². The zero-order valence-electron chi connectivity index (χ0n) is 11.3. The van der Waals surface area contributed by atoms with Crippen molar-refractivity contribution in [1.82, 2.24) is 5.32 Å². The third kappa shape index (κ3) is 3.17. The van der Waals surface area contributed by atoms with Crippen LogP contribution in [0.3, 0.4) is 0 Å². The molecule has 1 N–H and O–H groups in total. The van der Waals surface area contributed by atoms with Crippen molar-refractivity contribution >= 4 is 33.4 Å². The molecule has 1 saturated heterocycles. The first-order valence-electron chi connectivity index (χ1n) is 6.44. The molecule has 1 aromatic carbocycles. The lowest BCUT2D eigenvalue weighted by atomic mass is 10.0. The minimum Gasteiger partial charge on any atom is -0.343 e. The molecule has 1 aliphatic rings. The summed E-state index contributed by atoms with van der Waals surface area (Å²) in [6.07, 6.45) is 0.587. The number of rotatable bonds is 3. The van der Waals surface area contributed by atoms with Crippen molar-refractivity contribution in [1.29, 1.82) is 0 Å². The lowest BCUT2D eigenvalue weighted by Gasteiger charge is -2.33. The maximum atomic E-state index is 13.3. The molecule has 20 heavy (non-hydrogen) atoms. The van der Waals surface area contributed by atoms with Gasteiger partial charge in [-0.05, 0) is 46.5 Å². The topological polar surface area (TPSA) is 49.4 Å². The van der Waals surface area contributed by atoms with E-state index in [-0.39, 0.29) is 22.8 Å². The molecule has 0 bridgehead atoms. The van der Waals surface area contributed by atoms with Crippen LogP contribution in [0.1, 0.15) is 20.3 Å². The first-order chi connectivity index (χ1) is 9.38. The van der Waals surface area contributed by atoms with Gasteiger partial charge < -0.3 is 10.2 Å². The van der Waals surface area contributed by atoms with Crippen LogP contribution in [0.2, 0.25) is 0 Å². The Morgan fingerprint density at radius 2 is 2.15 bits per heavy atom. The quantitative estimate of drug-likeness (QED) is 0.917. The maximum Gasteiger partial charge on any atom is 0.250 e. The van der Waals surface area contributed by atoms with Gasteiger partial charge in [0, 0.05) is 5.69 Å². The Bertz CT molecular complexity index is 548. The van der Waals surface area contributed by atoms with Gasteiger partial charge in [-0.1, -0.05) is 13.8 Å². The molecule has 1 aliphatic heterocycles. The average molecular weight is 343 g/mol. The number of carbonyl (C=O) groups is 2. The SMILES string of the molecule is CC(C)CC1NC(=O)CN(c2ccc(F)c(Br)c2)C1=O. The fourth-order valence-electron chi connectivity index (χ4n) is 2.21. The van der Waals surface area contributed by atoms with E-state index in [1.807, 2.05) is 13.8 Å². The lowest BCUT2D eigenvalue weighted by molar-refractivity contribution is -0.131. The molecule has 0 aromatic heterocycles. The fourth-order valence-corrected chi connectivity index (χ4v) is 2.58. The molecule has 1 atom stereocenters. The highest BCUT2D eigenvalue weighted by atomic mass is 79.9. The first kappa shape index (κ1) is 15.0. The summed E-state index contributed by atoms with van der Waals surface area (Å²) in [5, 5.41) is 2.71. The summed E-state index contributed by atoms with van der Waals surface area (Å²) in [4.78, 5) is 25.5. The van der Waals surface area contributed by atoms with Gasteiger partial charge in [0.25, 0.3) is 0 Å². The van der Waals surface area contributed by atoms with Crippen LogP contribution in [0.25, 0.3) is 0 Å². The summed E-state index contributed by atoms with van der Waals surface area (Å²) in [5.41, 5.74) is 0.520. The number of halogens is 2. The molecule has 2 rings (SSSR count). The predicted octanol–water partition coefficient (Wildman–Crippen LogP) is 2.47. The second-order valence-corrected chi connectivity index (χ2v) is 6.13. The second kappa shape index (κ2) is 5.91. The van der Waals surface area contributed by atoms with Gasteiger partial charge in [0.05, 0.1) is 4.47 Å². The molecular formula is C14H16BrFN2O2. The number of nitrogens with zero attached hydrogens (tertiary/aromatic N) is 1. The minimum absolute atomic E-state index is 0.0362. The molecule has 0 aliphatic carbocycles. The number of nitrogens with one attached hydrogen (secondary N) is 1. The number of carbonyl (C=O) groups excluding carboxylic acids is 2. The maximum absolute atomic E-state index is 13.3. The van der Waals surface area contributed by atoms with Crippen LogP contribution < -0.4 is 10.2 Å². The third-order valence-electron chi connectivity index (χ3n) is 3.12. The minimum atomic E-state index is -0.514. The molecule has 108 valence electrons. The number of anilines is 1. The summed E-state index contributed by atoms with van der Waals surface area (Å²) in [6.45, 7) is 3.95. The van der Waals surface area contributed by atoms with Crippen molar-refractivity contribution < 1.29 is 14.0 Å². The summed E-state index contributed by atoms with van der Waals surface area (Å²) in [6, 6.07) is 3.78. The fraction of sp³-hybridized carbons (Fsp3) is 0.429. The molecule has 2 amide bonds. The Labute approximate surface area is 125 Å².